The molecule has 3 fully saturated rings. The molecular weight excluding hydrogens is 389 g/mol. The van der Waals surface area contributed by atoms with Gasteiger partial charge in [-0.15, -0.1) is 0 Å². The van der Waals surface area contributed by atoms with E-state index in [0.717, 1.165) is 6.54 Å². The number of nitrogens with zero attached hydrogens (tertiary/aromatic N) is 2. The lowest BCUT2D eigenvalue weighted by Gasteiger charge is -2.39. The van der Waals surface area contributed by atoms with Gasteiger partial charge in [0.25, 0.3) is 0 Å². The van der Waals surface area contributed by atoms with Crippen LogP contribution in [0.5, 0.6) is 0 Å². The second-order valence-corrected chi connectivity index (χ2v) is 10.2. The van der Waals surface area contributed by atoms with E-state index in [1.807, 2.05) is 0 Å². The van der Waals surface area contributed by atoms with Crippen molar-refractivity contribution in [1.29, 1.82) is 0 Å². The van der Waals surface area contributed by atoms with Crippen molar-refractivity contribution < 1.29 is 9.18 Å². The van der Waals surface area contributed by atoms with Crippen LogP contribution in [0.15, 0.2) is 18.3 Å². The topological polar surface area (TPSA) is 69.3 Å². The van der Waals surface area contributed by atoms with Crippen molar-refractivity contribution in [3.63, 3.8) is 0 Å². The molecule has 2 saturated heterocycles. The van der Waals surface area contributed by atoms with Crippen molar-refractivity contribution in [2.75, 3.05) is 18.9 Å². The number of alkyl halides is 1. The van der Waals surface area contributed by atoms with Gasteiger partial charge in [0.1, 0.15) is 10.9 Å². The average molecular weight is 422 g/mol. The summed E-state index contributed by atoms with van der Waals surface area (Å²) in [5.41, 5.74) is 2.83. The molecule has 1 amide bonds. The predicted octanol–water partition coefficient (Wildman–Crippen LogP) is 3.08. The molecule has 4 rings (SSSR count). The Morgan fingerprint density at radius 2 is 2.17 bits per heavy atom. The molecule has 2 aliphatic heterocycles. The molecule has 0 radical (unpaired) electrons. The molecule has 5 atom stereocenters. The Kier molecular flexibility index (Phi) is 5.90. The molecule has 29 heavy (non-hydrogen) atoms. The molecule has 160 valence electrons. The number of hydrogen-bond acceptors (Lipinski definition) is 6. The van der Waals surface area contributed by atoms with Gasteiger partial charge < -0.3 is 5.32 Å². The van der Waals surface area contributed by atoms with Gasteiger partial charge in [0.05, 0.1) is 5.69 Å². The van der Waals surface area contributed by atoms with Crippen molar-refractivity contribution in [1.82, 2.24) is 20.1 Å². The van der Waals surface area contributed by atoms with E-state index in [4.69, 9.17) is 0 Å². The van der Waals surface area contributed by atoms with Crippen LogP contribution in [-0.2, 0) is 10.5 Å². The largest absolute Gasteiger partial charge is 0.325 e. The molecule has 8 heteroatoms. The third kappa shape index (κ3) is 4.17. The van der Waals surface area contributed by atoms with Crippen LogP contribution in [-0.4, -0.2) is 46.8 Å². The highest BCUT2D eigenvalue weighted by Gasteiger charge is 2.51. The maximum Gasteiger partial charge on any atom is 0.239 e. The van der Waals surface area contributed by atoms with Crippen LogP contribution >= 0.6 is 11.9 Å². The molecule has 3 N–H and O–H groups in total. The number of nitrogens with one attached hydrogen (secondary N) is 3. The zero-order chi connectivity index (χ0) is 20.8. The Bertz CT molecular complexity index is 753. The van der Waals surface area contributed by atoms with E-state index in [0.29, 0.717) is 41.2 Å². The molecule has 5 unspecified atom stereocenters. The monoisotopic (exact) mass is 421 g/mol. The van der Waals surface area contributed by atoms with E-state index >= 15 is 0 Å². The third-order valence-electron chi connectivity index (χ3n) is 6.95. The smallest absolute Gasteiger partial charge is 0.239 e. The van der Waals surface area contributed by atoms with E-state index in [9.17, 15) is 9.18 Å². The summed E-state index contributed by atoms with van der Waals surface area (Å²) in [5.74, 6) is 1.38. The minimum absolute atomic E-state index is 0.00248. The molecule has 6 nitrogen and oxygen atoms in total. The van der Waals surface area contributed by atoms with Crippen molar-refractivity contribution in [3.05, 3.63) is 24.0 Å². The van der Waals surface area contributed by atoms with Gasteiger partial charge in [0.15, 0.2) is 0 Å². The third-order valence-corrected chi connectivity index (χ3v) is 8.14. The first-order chi connectivity index (χ1) is 13.8. The van der Waals surface area contributed by atoms with E-state index in [2.05, 4.69) is 39.4 Å². The molecule has 0 spiro atoms. The zero-order valence-electron chi connectivity index (χ0n) is 17.6. The van der Waals surface area contributed by atoms with Crippen LogP contribution < -0.4 is 15.5 Å². The van der Waals surface area contributed by atoms with Crippen molar-refractivity contribution in [2.45, 2.75) is 63.0 Å². The van der Waals surface area contributed by atoms with Gasteiger partial charge in [0.2, 0.25) is 5.91 Å². The van der Waals surface area contributed by atoms with E-state index < -0.39 is 5.67 Å². The Morgan fingerprint density at radius 1 is 1.41 bits per heavy atom. The number of amides is 1. The lowest BCUT2D eigenvalue weighted by molar-refractivity contribution is -0.117. The quantitative estimate of drug-likeness (QED) is 0.635. The molecule has 1 aromatic heterocycles. The summed E-state index contributed by atoms with van der Waals surface area (Å²) in [4.78, 5) is 17.3. The minimum Gasteiger partial charge on any atom is -0.325 e. The number of aromatic nitrogens is 1. The minimum atomic E-state index is -1.54. The summed E-state index contributed by atoms with van der Waals surface area (Å²) >= 11 is 1.57. The van der Waals surface area contributed by atoms with E-state index in [1.165, 1.54) is 33.1 Å². The molecule has 1 aliphatic carbocycles. The number of carbonyl (C=O) groups is 1. The summed E-state index contributed by atoms with van der Waals surface area (Å²) in [6.07, 6.45) is 5.21. The predicted molar refractivity (Wildman–Crippen MR) is 115 cm³/mol. The van der Waals surface area contributed by atoms with Gasteiger partial charge in [-0.2, -0.15) is 0 Å². The van der Waals surface area contributed by atoms with E-state index in [-0.39, 0.29) is 11.2 Å². The molecule has 1 aromatic rings. The Balaban J connectivity index is 1.50. The molecule has 3 heterocycles. The fraction of sp³-hybridized carbons (Fsp3) is 0.714. The van der Waals surface area contributed by atoms with Crippen LogP contribution in [0.1, 0.15) is 45.7 Å². The molecule has 3 aliphatic rings. The van der Waals surface area contributed by atoms with Crippen LogP contribution in [0.2, 0.25) is 0 Å². The highest BCUT2D eigenvalue weighted by atomic mass is 32.2. The first kappa shape index (κ1) is 21.0. The fourth-order valence-corrected chi connectivity index (χ4v) is 6.14. The van der Waals surface area contributed by atoms with E-state index in [1.54, 1.807) is 30.3 Å². The number of carbonyl (C=O) groups excluding carboxylic acids is 1. The maximum absolute atomic E-state index is 14.3. The van der Waals surface area contributed by atoms with Gasteiger partial charge in [-0.3, -0.25) is 19.9 Å². The Hall–Kier alpha value is -1.22. The van der Waals surface area contributed by atoms with Crippen molar-refractivity contribution in [3.8, 4) is 0 Å². The fourth-order valence-electron chi connectivity index (χ4n) is 4.79. The summed E-state index contributed by atoms with van der Waals surface area (Å²) in [6.45, 7) is 6.14. The lowest BCUT2D eigenvalue weighted by atomic mass is 9.68. The van der Waals surface area contributed by atoms with Gasteiger partial charge >= 0.3 is 0 Å². The van der Waals surface area contributed by atoms with Crippen LogP contribution in [0.4, 0.5) is 10.1 Å². The number of anilines is 1. The second-order valence-electron chi connectivity index (χ2n) is 9.22. The number of hydrazine groups is 1. The molecule has 0 aromatic carbocycles. The second kappa shape index (κ2) is 8.13. The zero-order valence-corrected chi connectivity index (χ0v) is 18.4. The Labute approximate surface area is 176 Å². The number of rotatable bonds is 5. The highest BCUT2D eigenvalue weighted by molar-refractivity contribution is 7.99. The van der Waals surface area contributed by atoms with Crippen LogP contribution in [0, 0.1) is 17.8 Å². The standard InChI is InChI=1S/C21H32FN5OS/c1-12-15(11-24-27(12)4)18-17(13-6-5-7-13)19(29-26-18)20(28)25-14-8-9-23-16(10-14)21(2,3)22/h8-10,12-13,15,17-19,24,26H,5-7,11H2,1-4H3,(H,23,25,28). The maximum atomic E-state index is 14.3. The van der Waals surface area contributed by atoms with Crippen molar-refractivity contribution >= 4 is 23.5 Å². The summed E-state index contributed by atoms with van der Waals surface area (Å²) in [5, 5.41) is 5.07. The van der Waals surface area contributed by atoms with Crippen LogP contribution in [0.25, 0.3) is 0 Å². The molecular formula is C21H32FN5OS. The molecule has 1 saturated carbocycles. The van der Waals surface area contributed by atoms with Gasteiger partial charge in [-0.1, -0.05) is 31.2 Å². The van der Waals surface area contributed by atoms with Gasteiger partial charge in [-0.25, -0.2) is 9.40 Å². The van der Waals surface area contributed by atoms with Crippen molar-refractivity contribution in [2.24, 2.45) is 17.8 Å². The number of halogens is 1. The summed E-state index contributed by atoms with van der Waals surface area (Å²) in [6, 6.07) is 4.10. The summed E-state index contributed by atoms with van der Waals surface area (Å²) < 4.78 is 17.9. The SMILES string of the molecule is CC1C(C2NSC(C(=O)Nc3ccnc(C(C)(C)F)c3)C2C2CCC2)CNN1C. The Morgan fingerprint density at radius 3 is 2.76 bits per heavy atom. The average Bonchev–Trinajstić information content (AvgIpc) is 3.17. The first-order valence-electron chi connectivity index (χ1n) is 10.6. The number of hydrogen-bond donors (Lipinski definition) is 3. The van der Waals surface area contributed by atoms with Gasteiger partial charge in [0, 0.05) is 49.4 Å². The molecule has 0 bridgehead atoms. The normalized spacial score (nSPS) is 33.6. The van der Waals surface area contributed by atoms with Gasteiger partial charge in [-0.05, 0) is 38.8 Å². The number of pyridine rings is 1. The van der Waals surface area contributed by atoms with Crippen LogP contribution in [0.3, 0.4) is 0 Å². The lowest BCUT2D eigenvalue weighted by Crippen LogP contribution is -2.47. The first-order valence-corrected chi connectivity index (χ1v) is 11.5. The summed E-state index contributed by atoms with van der Waals surface area (Å²) in [7, 11) is 2.09. The highest BCUT2D eigenvalue weighted by Crippen LogP contribution is 2.47.